The summed E-state index contributed by atoms with van der Waals surface area (Å²) in [6.45, 7) is 8.31. The first-order chi connectivity index (χ1) is 7.60. The van der Waals surface area contributed by atoms with Crippen molar-refractivity contribution in [1.29, 1.82) is 0 Å². The number of nitrogens with two attached hydrogens (primary N) is 1. The van der Waals surface area contributed by atoms with Crippen LogP contribution in [0.5, 0.6) is 0 Å². The van der Waals surface area contributed by atoms with Crippen molar-refractivity contribution in [2.24, 2.45) is 5.73 Å². The lowest BCUT2D eigenvalue weighted by molar-refractivity contribution is 0.667. The van der Waals surface area contributed by atoms with E-state index >= 15 is 0 Å². The Balaban J connectivity index is 3.07. The van der Waals surface area contributed by atoms with E-state index in [1.54, 1.807) is 0 Å². The monoisotopic (exact) mass is 284 g/mol. The van der Waals surface area contributed by atoms with Gasteiger partial charge in [-0.15, -0.1) is 0 Å². The van der Waals surface area contributed by atoms with E-state index in [4.69, 9.17) is 5.73 Å². The Kier molecular flexibility index (Phi) is 5.29. The molecule has 16 heavy (non-hydrogen) atoms. The number of benzene rings is 1. The van der Waals surface area contributed by atoms with Crippen molar-refractivity contribution in [3.63, 3.8) is 0 Å². The molecule has 0 aliphatic heterocycles. The molecule has 0 amide bonds. The number of rotatable bonds is 5. The van der Waals surface area contributed by atoms with Gasteiger partial charge in [-0.05, 0) is 44.0 Å². The normalized spacial score (nSPS) is 10.9. The van der Waals surface area contributed by atoms with E-state index in [1.165, 1.54) is 11.3 Å². The molecule has 0 atom stereocenters. The fourth-order valence-electron chi connectivity index (χ4n) is 1.90. The van der Waals surface area contributed by atoms with Crippen molar-refractivity contribution in [3.05, 3.63) is 28.2 Å². The number of hydrogen-bond donors (Lipinski definition) is 1. The third kappa shape index (κ3) is 3.22. The van der Waals surface area contributed by atoms with E-state index in [0.717, 1.165) is 17.4 Å². The van der Waals surface area contributed by atoms with E-state index in [0.29, 0.717) is 12.6 Å². The van der Waals surface area contributed by atoms with Gasteiger partial charge in [0.2, 0.25) is 0 Å². The number of halogens is 1. The molecule has 0 radical (unpaired) electrons. The Morgan fingerprint density at radius 3 is 2.56 bits per heavy atom. The Hall–Kier alpha value is -0.540. The highest BCUT2D eigenvalue weighted by molar-refractivity contribution is 9.10. The van der Waals surface area contributed by atoms with Gasteiger partial charge in [0, 0.05) is 29.3 Å². The highest BCUT2D eigenvalue weighted by Gasteiger charge is 2.13. The first kappa shape index (κ1) is 13.5. The van der Waals surface area contributed by atoms with E-state index in [9.17, 15) is 0 Å². The van der Waals surface area contributed by atoms with E-state index in [1.807, 2.05) is 0 Å². The molecule has 0 aromatic heterocycles. The van der Waals surface area contributed by atoms with Gasteiger partial charge in [-0.3, -0.25) is 0 Å². The molecular weight excluding hydrogens is 264 g/mol. The second kappa shape index (κ2) is 6.26. The first-order valence-corrected chi connectivity index (χ1v) is 6.64. The van der Waals surface area contributed by atoms with Gasteiger partial charge in [0.25, 0.3) is 0 Å². The van der Waals surface area contributed by atoms with Crippen LogP contribution in [-0.4, -0.2) is 12.6 Å². The van der Waals surface area contributed by atoms with Crippen molar-refractivity contribution in [3.8, 4) is 0 Å². The van der Waals surface area contributed by atoms with Gasteiger partial charge in [0.15, 0.2) is 0 Å². The third-order valence-electron chi connectivity index (χ3n) is 2.66. The van der Waals surface area contributed by atoms with Gasteiger partial charge in [0.05, 0.1) is 0 Å². The zero-order chi connectivity index (χ0) is 12.1. The van der Waals surface area contributed by atoms with Crippen LogP contribution in [0.4, 0.5) is 5.69 Å². The molecule has 0 heterocycles. The molecule has 0 spiro atoms. The van der Waals surface area contributed by atoms with Crippen LogP contribution in [0.2, 0.25) is 0 Å². The largest absolute Gasteiger partial charge is 0.369 e. The number of nitrogens with zero attached hydrogens (tertiary/aromatic N) is 1. The summed E-state index contributed by atoms with van der Waals surface area (Å²) < 4.78 is 1.09. The minimum absolute atomic E-state index is 0.506. The van der Waals surface area contributed by atoms with Crippen LogP contribution in [0.15, 0.2) is 22.7 Å². The van der Waals surface area contributed by atoms with E-state index in [2.05, 4.69) is 59.8 Å². The molecule has 1 aromatic rings. The average Bonchev–Trinajstić information content (AvgIpc) is 2.26. The second-order valence-electron chi connectivity index (χ2n) is 4.26. The molecular formula is C13H21BrN2. The van der Waals surface area contributed by atoms with Crippen LogP contribution in [0.1, 0.15) is 32.8 Å². The summed E-state index contributed by atoms with van der Waals surface area (Å²) >= 11 is 3.49. The summed E-state index contributed by atoms with van der Waals surface area (Å²) in [5, 5.41) is 0. The molecule has 0 unspecified atom stereocenters. The molecule has 3 heteroatoms. The highest BCUT2D eigenvalue weighted by atomic mass is 79.9. The average molecular weight is 285 g/mol. The lowest BCUT2D eigenvalue weighted by Crippen LogP contribution is -2.32. The molecule has 1 aromatic carbocycles. The van der Waals surface area contributed by atoms with Crippen LogP contribution in [0.3, 0.4) is 0 Å². The Bertz CT molecular complexity index is 337. The number of hydrogen-bond acceptors (Lipinski definition) is 2. The third-order valence-corrected chi connectivity index (χ3v) is 3.15. The molecule has 0 saturated carbocycles. The summed E-state index contributed by atoms with van der Waals surface area (Å²) in [6.07, 6.45) is 1.15. The first-order valence-electron chi connectivity index (χ1n) is 5.85. The summed E-state index contributed by atoms with van der Waals surface area (Å²) in [5.41, 5.74) is 8.28. The molecule has 0 saturated heterocycles. The highest BCUT2D eigenvalue weighted by Crippen LogP contribution is 2.26. The Labute approximate surface area is 107 Å². The number of anilines is 1. The van der Waals surface area contributed by atoms with Crippen LogP contribution in [0.25, 0.3) is 0 Å². The molecule has 0 aliphatic carbocycles. The maximum Gasteiger partial charge on any atom is 0.0414 e. The van der Waals surface area contributed by atoms with Gasteiger partial charge in [0.1, 0.15) is 0 Å². The molecule has 2 N–H and O–H groups in total. The maximum absolute atomic E-state index is 5.81. The van der Waals surface area contributed by atoms with Crippen molar-refractivity contribution in [2.45, 2.75) is 39.8 Å². The lowest BCUT2D eigenvalue weighted by Gasteiger charge is -2.30. The van der Waals surface area contributed by atoms with Gasteiger partial charge in [-0.2, -0.15) is 0 Å². The summed E-state index contributed by atoms with van der Waals surface area (Å²) in [6, 6.07) is 6.86. The lowest BCUT2D eigenvalue weighted by atomic mass is 10.1. The van der Waals surface area contributed by atoms with Crippen LogP contribution < -0.4 is 10.6 Å². The van der Waals surface area contributed by atoms with Crippen LogP contribution in [0, 0.1) is 0 Å². The fourth-order valence-corrected chi connectivity index (χ4v) is 2.30. The molecule has 1 rings (SSSR count). The van der Waals surface area contributed by atoms with Crippen molar-refractivity contribution in [2.75, 3.05) is 11.4 Å². The minimum atomic E-state index is 0.506. The van der Waals surface area contributed by atoms with E-state index in [-0.39, 0.29) is 0 Å². The second-order valence-corrected chi connectivity index (χ2v) is 5.18. The Morgan fingerprint density at radius 1 is 1.38 bits per heavy atom. The SMILES string of the molecule is CCCN(c1ccc(Br)cc1CN)C(C)C. The van der Waals surface area contributed by atoms with Gasteiger partial charge in [-0.1, -0.05) is 22.9 Å². The predicted molar refractivity (Wildman–Crippen MR) is 74.8 cm³/mol. The van der Waals surface area contributed by atoms with Crippen molar-refractivity contribution >= 4 is 21.6 Å². The van der Waals surface area contributed by atoms with Crippen molar-refractivity contribution < 1.29 is 0 Å². The minimum Gasteiger partial charge on any atom is -0.369 e. The molecule has 0 bridgehead atoms. The topological polar surface area (TPSA) is 29.3 Å². The van der Waals surface area contributed by atoms with E-state index < -0.39 is 0 Å². The zero-order valence-corrected chi connectivity index (χ0v) is 11.9. The Morgan fingerprint density at radius 2 is 2.06 bits per heavy atom. The summed E-state index contributed by atoms with van der Waals surface area (Å²) in [5.74, 6) is 0. The van der Waals surface area contributed by atoms with Crippen molar-refractivity contribution in [1.82, 2.24) is 0 Å². The molecule has 0 fully saturated rings. The van der Waals surface area contributed by atoms with Crippen LogP contribution >= 0.6 is 15.9 Å². The molecule has 90 valence electrons. The standard InChI is InChI=1S/C13H21BrN2/c1-4-7-16(10(2)3)13-6-5-12(14)8-11(13)9-15/h5-6,8,10H,4,7,9,15H2,1-3H3. The smallest absolute Gasteiger partial charge is 0.0414 e. The van der Waals surface area contributed by atoms with Crippen LogP contribution in [-0.2, 0) is 6.54 Å². The van der Waals surface area contributed by atoms with Gasteiger partial charge < -0.3 is 10.6 Å². The van der Waals surface area contributed by atoms with Gasteiger partial charge >= 0.3 is 0 Å². The summed E-state index contributed by atoms with van der Waals surface area (Å²) in [4.78, 5) is 2.41. The maximum atomic E-state index is 5.81. The predicted octanol–water partition coefficient (Wildman–Crippen LogP) is 3.53. The quantitative estimate of drug-likeness (QED) is 0.896. The molecule has 2 nitrogen and oxygen atoms in total. The fraction of sp³-hybridized carbons (Fsp3) is 0.538. The molecule has 0 aliphatic rings. The summed E-state index contributed by atoms with van der Waals surface area (Å²) in [7, 11) is 0. The zero-order valence-electron chi connectivity index (χ0n) is 10.3. The van der Waals surface area contributed by atoms with Gasteiger partial charge in [-0.25, -0.2) is 0 Å².